The average molecular weight is 492 g/mol. The van der Waals surface area contributed by atoms with Gasteiger partial charge in [0.15, 0.2) is 0 Å². The molecular weight excluding hydrogens is 463 g/mol. The molecule has 4 rings (SSSR count). The van der Waals surface area contributed by atoms with E-state index in [1.807, 2.05) is 4.90 Å². The first-order chi connectivity index (χ1) is 16.6. The summed E-state index contributed by atoms with van der Waals surface area (Å²) in [6.07, 6.45) is -2.40. The first-order valence-corrected chi connectivity index (χ1v) is 11.7. The van der Waals surface area contributed by atoms with E-state index >= 15 is 0 Å². The Bertz CT molecular complexity index is 1060. The number of carbonyl (C=O) groups is 3. The molecule has 188 valence electrons. The van der Waals surface area contributed by atoms with E-state index in [-0.39, 0.29) is 30.8 Å². The van der Waals surface area contributed by atoms with Crippen LogP contribution in [0.5, 0.6) is 0 Å². The van der Waals surface area contributed by atoms with Crippen molar-refractivity contribution in [1.82, 2.24) is 15.1 Å². The summed E-state index contributed by atoms with van der Waals surface area (Å²) >= 11 is 0. The number of rotatable bonds is 4. The summed E-state index contributed by atoms with van der Waals surface area (Å²) in [6, 6.07) is 5.30. The minimum atomic E-state index is -4.63. The van der Waals surface area contributed by atoms with Gasteiger partial charge in [-0.2, -0.15) is 18.4 Å². The minimum absolute atomic E-state index is 0.00691. The van der Waals surface area contributed by atoms with E-state index in [0.29, 0.717) is 51.1 Å². The van der Waals surface area contributed by atoms with Crippen LogP contribution in [0.15, 0.2) is 18.2 Å². The normalized spacial score (nSPS) is 22.0. The molecule has 35 heavy (non-hydrogen) atoms. The molecule has 1 unspecified atom stereocenters. The van der Waals surface area contributed by atoms with Crippen molar-refractivity contribution in [3.63, 3.8) is 0 Å². The lowest BCUT2D eigenvalue weighted by Gasteiger charge is -2.43. The van der Waals surface area contributed by atoms with Crippen molar-refractivity contribution in [3.05, 3.63) is 29.3 Å². The lowest BCUT2D eigenvalue weighted by molar-refractivity contribution is -0.138. The Kier molecular flexibility index (Phi) is 6.66. The van der Waals surface area contributed by atoms with Crippen LogP contribution in [0.25, 0.3) is 0 Å². The zero-order chi connectivity index (χ0) is 25.4. The monoisotopic (exact) mass is 491 g/mol. The van der Waals surface area contributed by atoms with E-state index in [9.17, 15) is 27.6 Å². The second-order valence-electron chi connectivity index (χ2n) is 9.55. The molecule has 0 saturated carbocycles. The van der Waals surface area contributed by atoms with E-state index < -0.39 is 28.6 Å². The molecule has 0 aliphatic carbocycles. The highest BCUT2D eigenvalue weighted by atomic mass is 19.4. The van der Waals surface area contributed by atoms with Crippen LogP contribution in [0.3, 0.4) is 0 Å². The van der Waals surface area contributed by atoms with Gasteiger partial charge >= 0.3 is 6.18 Å². The van der Waals surface area contributed by atoms with Gasteiger partial charge in [-0.05, 0) is 37.5 Å². The lowest BCUT2D eigenvalue weighted by atomic mass is 9.70. The van der Waals surface area contributed by atoms with E-state index in [1.54, 1.807) is 22.9 Å². The molecule has 1 aromatic carbocycles. The molecule has 3 amide bonds. The number of alkyl halides is 3. The van der Waals surface area contributed by atoms with E-state index in [2.05, 4.69) is 5.32 Å². The van der Waals surface area contributed by atoms with Gasteiger partial charge < -0.3 is 20.0 Å². The average Bonchev–Trinajstić information content (AvgIpc) is 3.41. The molecule has 3 aliphatic rings. The smallest absolute Gasteiger partial charge is 0.371 e. The third kappa shape index (κ3) is 4.79. The molecule has 0 bridgehead atoms. The second kappa shape index (κ2) is 9.40. The molecule has 1 atom stereocenters. The number of likely N-dealkylation sites (tertiary alicyclic amines) is 2. The molecule has 3 fully saturated rings. The first kappa shape index (κ1) is 24.8. The quantitative estimate of drug-likeness (QED) is 0.695. The van der Waals surface area contributed by atoms with Crippen molar-refractivity contribution < 1.29 is 27.6 Å². The number of nitrogens with zero attached hydrogens (tertiary/aromatic N) is 4. The zero-order valence-electron chi connectivity index (χ0n) is 19.5. The van der Waals surface area contributed by atoms with Gasteiger partial charge in [0, 0.05) is 57.3 Å². The Morgan fingerprint density at radius 1 is 1.23 bits per heavy atom. The molecule has 3 saturated heterocycles. The molecule has 0 radical (unpaired) electrons. The van der Waals surface area contributed by atoms with Gasteiger partial charge in [-0.25, -0.2) is 0 Å². The summed E-state index contributed by atoms with van der Waals surface area (Å²) in [7, 11) is 1.55. The Balaban J connectivity index is 1.49. The number of amides is 3. The summed E-state index contributed by atoms with van der Waals surface area (Å²) < 4.78 is 40.2. The van der Waals surface area contributed by atoms with Crippen LogP contribution >= 0.6 is 0 Å². The molecule has 0 aromatic heterocycles. The fourth-order valence-corrected chi connectivity index (χ4v) is 5.61. The number of anilines is 1. The number of halogens is 3. The summed E-state index contributed by atoms with van der Waals surface area (Å²) in [6.45, 7) is 2.04. The largest absolute Gasteiger partial charge is 0.417 e. The Labute approximate surface area is 201 Å². The first-order valence-electron chi connectivity index (χ1n) is 11.7. The number of nitrogens with one attached hydrogen (secondary N) is 1. The highest BCUT2D eigenvalue weighted by Crippen LogP contribution is 2.46. The van der Waals surface area contributed by atoms with Crippen molar-refractivity contribution in [2.24, 2.45) is 11.3 Å². The van der Waals surface area contributed by atoms with Crippen molar-refractivity contribution in [2.75, 3.05) is 51.2 Å². The number of carbonyl (C=O) groups excluding carboxylic acids is 3. The second-order valence-corrected chi connectivity index (χ2v) is 9.55. The third-order valence-corrected chi connectivity index (χ3v) is 7.61. The van der Waals surface area contributed by atoms with Crippen LogP contribution in [0, 0.1) is 22.7 Å². The fourth-order valence-electron chi connectivity index (χ4n) is 5.61. The SMILES string of the molecule is CNC(=O)C1CN(C(=O)CN2CCCC2=O)CC12CCN(c1ccc(C#N)c(C(F)(F)F)c1)CC2. The molecule has 1 N–H and O–H groups in total. The number of hydrogen-bond acceptors (Lipinski definition) is 5. The highest BCUT2D eigenvalue weighted by molar-refractivity contribution is 5.87. The number of benzene rings is 1. The van der Waals surface area contributed by atoms with Crippen LogP contribution in [-0.4, -0.2) is 73.8 Å². The maximum atomic E-state index is 13.4. The summed E-state index contributed by atoms with van der Waals surface area (Å²) in [5.74, 6) is -0.817. The van der Waals surface area contributed by atoms with Gasteiger partial charge in [0.05, 0.1) is 29.7 Å². The van der Waals surface area contributed by atoms with E-state index in [1.165, 1.54) is 12.1 Å². The van der Waals surface area contributed by atoms with Crippen LogP contribution in [0.2, 0.25) is 0 Å². The van der Waals surface area contributed by atoms with Gasteiger partial charge in [0.25, 0.3) is 0 Å². The number of piperidine rings is 1. The van der Waals surface area contributed by atoms with E-state index in [4.69, 9.17) is 5.26 Å². The number of nitriles is 1. The molecular formula is C24H28F3N5O3. The van der Waals surface area contributed by atoms with Crippen LogP contribution < -0.4 is 10.2 Å². The Morgan fingerprint density at radius 2 is 1.94 bits per heavy atom. The fraction of sp³-hybridized carbons (Fsp3) is 0.583. The standard InChI is InChI=1S/C24H28F3N5O3/c1-29-22(35)19-13-32(21(34)14-31-8-2-3-20(31)33)15-23(19)6-9-30(10-7-23)17-5-4-16(12-28)18(11-17)24(25,26)27/h4-5,11,19H,2-3,6-10,13-15H2,1H3,(H,29,35). The summed E-state index contributed by atoms with van der Waals surface area (Å²) in [5, 5.41) is 11.7. The van der Waals surface area contributed by atoms with Gasteiger partial charge in [0.1, 0.15) is 0 Å². The molecule has 1 aromatic rings. The highest BCUT2D eigenvalue weighted by Gasteiger charge is 2.52. The Morgan fingerprint density at radius 3 is 2.51 bits per heavy atom. The third-order valence-electron chi connectivity index (χ3n) is 7.61. The zero-order valence-corrected chi connectivity index (χ0v) is 19.5. The molecule has 3 heterocycles. The van der Waals surface area contributed by atoms with Gasteiger partial charge in [-0.1, -0.05) is 0 Å². The van der Waals surface area contributed by atoms with E-state index in [0.717, 1.165) is 12.5 Å². The number of hydrogen-bond donors (Lipinski definition) is 1. The lowest BCUT2D eigenvalue weighted by Crippen LogP contribution is -2.48. The molecule has 8 nitrogen and oxygen atoms in total. The Hall–Kier alpha value is -3.29. The maximum Gasteiger partial charge on any atom is 0.417 e. The van der Waals surface area contributed by atoms with Gasteiger partial charge in [-0.15, -0.1) is 0 Å². The maximum absolute atomic E-state index is 13.4. The molecule has 1 spiro atoms. The topological polar surface area (TPSA) is 96.8 Å². The molecule has 3 aliphatic heterocycles. The molecule has 11 heteroatoms. The van der Waals surface area contributed by atoms with Crippen molar-refractivity contribution in [3.8, 4) is 6.07 Å². The minimum Gasteiger partial charge on any atom is -0.371 e. The van der Waals surface area contributed by atoms with Crippen LogP contribution in [0.1, 0.15) is 36.8 Å². The van der Waals surface area contributed by atoms with Gasteiger partial charge in [-0.3, -0.25) is 14.4 Å². The summed E-state index contributed by atoms with van der Waals surface area (Å²) in [4.78, 5) is 42.7. The van der Waals surface area contributed by atoms with Crippen molar-refractivity contribution in [2.45, 2.75) is 31.9 Å². The van der Waals surface area contributed by atoms with Crippen molar-refractivity contribution >= 4 is 23.4 Å². The predicted octanol–water partition coefficient (Wildman–Crippen LogP) is 1.99. The van der Waals surface area contributed by atoms with Crippen LogP contribution in [-0.2, 0) is 20.6 Å². The van der Waals surface area contributed by atoms with Crippen LogP contribution in [0.4, 0.5) is 18.9 Å². The predicted molar refractivity (Wildman–Crippen MR) is 120 cm³/mol. The van der Waals surface area contributed by atoms with Crippen molar-refractivity contribution in [1.29, 1.82) is 5.26 Å². The van der Waals surface area contributed by atoms with Gasteiger partial charge in [0.2, 0.25) is 17.7 Å². The summed E-state index contributed by atoms with van der Waals surface area (Å²) in [5.41, 5.74) is -1.49.